The van der Waals surface area contributed by atoms with E-state index in [-0.39, 0.29) is 12.2 Å². The highest BCUT2D eigenvalue weighted by Crippen LogP contribution is 2.12. The Morgan fingerprint density at radius 2 is 2.13 bits per heavy atom. The molecule has 1 aromatic carbocycles. The lowest BCUT2D eigenvalue weighted by molar-refractivity contribution is -0.142. The second kappa shape index (κ2) is 7.38. The van der Waals surface area contributed by atoms with Gasteiger partial charge >= 0.3 is 5.97 Å². The van der Waals surface area contributed by atoms with Crippen molar-refractivity contribution in [3.05, 3.63) is 53.6 Å². The summed E-state index contributed by atoms with van der Waals surface area (Å²) in [5.74, 6) is -0.844. The fourth-order valence-electron chi connectivity index (χ4n) is 2.17. The summed E-state index contributed by atoms with van der Waals surface area (Å²) in [6, 6.07) is 6.20. The molecule has 1 aromatic heterocycles. The summed E-state index contributed by atoms with van der Waals surface area (Å²) in [5, 5.41) is 0. The Morgan fingerprint density at radius 1 is 1.39 bits per heavy atom. The number of rotatable bonds is 7. The van der Waals surface area contributed by atoms with Gasteiger partial charge in [0.2, 0.25) is 10.0 Å². The van der Waals surface area contributed by atoms with E-state index < -0.39 is 22.0 Å². The molecule has 0 saturated heterocycles. The lowest BCUT2D eigenvalue weighted by Crippen LogP contribution is -2.43. The Balaban J connectivity index is 2.14. The van der Waals surface area contributed by atoms with Crippen LogP contribution in [0.3, 0.4) is 0 Å². The second-order valence-corrected chi connectivity index (χ2v) is 6.91. The molecule has 1 heterocycles. The molecule has 0 aliphatic heterocycles. The van der Waals surface area contributed by atoms with E-state index in [1.807, 2.05) is 19.1 Å². The zero-order valence-corrected chi connectivity index (χ0v) is 13.8. The molecule has 0 aliphatic rings. The molecule has 0 unspecified atom stereocenters. The maximum atomic E-state index is 12.4. The summed E-state index contributed by atoms with van der Waals surface area (Å²) in [6.07, 6.45) is 3.14. The van der Waals surface area contributed by atoms with Gasteiger partial charge in [-0.2, -0.15) is 0 Å². The number of nitrogens with zero attached hydrogens (tertiary/aromatic N) is 1. The fourth-order valence-corrected chi connectivity index (χ4v) is 3.60. The molecule has 0 aliphatic carbocycles. The van der Waals surface area contributed by atoms with Crippen molar-refractivity contribution in [1.29, 1.82) is 0 Å². The molecule has 0 bridgehead atoms. The van der Waals surface area contributed by atoms with Gasteiger partial charge in [0.25, 0.3) is 0 Å². The highest BCUT2D eigenvalue weighted by atomic mass is 32.2. The molecule has 124 valence electrons. The van der Waals surface area contributed by atoms with Crippen molar-refractivity contribution in [2.75, 3.05) is 7.11 Å². The first-order valence-electron chi connectivity index (χ1n) is 7.01. The van der Waals surface area contributed by atoms with Crippen molar-refractivity contribution in [1.82, 2.24) is 14.7 Å². The van der Waals surface area contributed by atoms with Crippen LogP contribution >= 0.6 is 0 Å². The first kappa shape index (κ1) is 17.2. The van der Waals surface area contributed by atoms with Gasteiger partial charge in [0, 0.05) is 18.3 Å². The molecule has 0 spiro atoms. The van der Waals surface area contributed by atoms with Gasteiger partial charge in [-0.1, -0.05) is 24.3 Å². The molecule has 0 amide bonds. The lowest BCUT2D eigenvalue weighted by atomic mass is 10.1. The standard InChI is InChI=1S/C15H19N3O4S/c1-11-5-3-4-6-12(11)9-23(20,21)18-14(15(19)22-2)7-13-8-16-10-17-13/h3-6,8,10,14,18H,7,9H2,1-2H3,(H,16,17)/t14-/m1/s1. The van der Waals surface area contributed by atoms with Gasteiger partial charge < -0.3 is 9.72 Å². The van der Waals surface area contributed by atoms with Crippen molar-refractivity contribution >= 4 is 16.0 Å². The number of imidazole rings is 1. The minimum absolute atomic E-state index is 0.139. The van der Waals surface area contributed by atoms with Crippen molar-refractivity contribution in [2.45, 2.75) is 25.1 Å². The van der Waals surface area contributed by atoms with Crippen molar-refractivity contribution in [3.63, 3.8) is 0 Å². The maximum Gasteiger partial charge on any atom is 0.324 e. The van der Waals surface area contributed by atoms with Gasteiger partial charge in [-0.15, -0.1) is 0 Å². The molecule has 8 heteroatoms. The zero-order chi connectivity index (χ0) is 16.9. The van der Waals surface area contributed by atoms with E-state index in [1.165, 1.54) is 19.6 Å². The number of ether oxygens (including phenoxy) is 1. The number of nitrogens with one attached hydrogen (secondary N) is 2. The van der Waals surface area contributed by atoms with Crippen LogP contribution in [0.5, 0.6) is 0 Å². The smallest absolute Gasteiger partial charge is 0.324 e. The molecular weight excluding hydrogens is 318 g/mol. The number of aromatic amines is 1. The molecular formula is C15H19N3O4S. The van der Waals surface area contributed by atoms with Gasteiger partial charge in [0.15, 0.2) is 0 Å². The van der Waals surface area contributed by atoms with Crippen LogP contribution in [0.1, 0.15) is 16.8 Å². The van der Waals surface area contributed by atoms with Gasteiger partial charge in [-0.25, -0.2) is 18.1 Å². The van der Waals surface area contributed by atoms with E-state index in [2.05, 4.69) is 19.4 Å². The minimum atomic E-state index is -3.70. The van der Waals surface area contributed by atoms with Crippen LogP contribution in [0.15, 0.2) is 36.8 Å². The van der Waals surface area contributed by atoms with Crippen LogP contribution in [-0.2, 0) is 31.7 Å². The number of hydrogen-bond acceptors (Lipinski definition) is 5. The Morgan fingerprint density at radius 3 is 2.74 bits per heavy atom. The number of H-pyrrole nitrogens is 1. The molecule has 2 rings (SSSR count). The van der Waals surface area contributed by atoms with Gasteiger partial charge in [-0.05, 0) is 18.1 Å². The number of esters is 1. The van der Waals surface area contributed by atoms with Crippen LogP contribution in [-0.4, -0.2) is 37.5 Å². The summed E-state index contributed by atoms with van der Waals surface area (Å²) in [7, 11) is -2.48. The minimum Gasteiger partial charge on any atom is -0.468 e. The number of aromatic nitrogens is 2. The highest BCUT2D eigenvalue weighted by molar-refractivity contribution is 7.88. The number of carbonyl (C=O) groups is 1. The Labute approximate surface area is 135 Å². The molecule has 2 N–H and O–H groups in total. The lowest BCUT2D eigenvalue weighted by Gasteiger charge is -2.16. The van der Waals surface area contributed by atoms with Crippen LogP contribution in [0.2, 0.25) is 0 Å². The predicted octanol–water partition coefficient (Wildman–Crippen LogP) is 0.922. The van der Waals surface area contributed by atoms with Crippen LogP contribution in [0.25, 0.3) is 0 Å². The summed E-state index contributed by atoms with van der Waals surface area (Å²) >= 11 is 0. The average Bonchev–Trinajstić information content (AvgIpc) is 3.00. The van der Waals surface area contributed by atoms with Gasteiger partial charge in [0.1, 0.15) is 6.04 Å². The Bertz CT molecular complexity index is 757. The first-order chi connectivity index (χ1) is 10.9. The monoisotopic (exact) mass is 337 g/mol. The van der Waals surface area contributed by atoms with Crippen LogP contribution in [0.4, 0.5) is 0 Å². The fraction of sp³-hybridized carbons (Fsp3) is 0.333. The second-order valence-electron chi connectivity index (χ2n) is 5.16. The molecule has 7 nitrogen and oxygen atoms in total. The van der Waals surface area contributed by atoms with E-state index >= 15 is 0 Å². The third-order valence-corrected chi connectivity index (χ3v) is 4.73. The third kappa shape index (κ3) is 4.90. The number of hydrogen-bond donors (Lipinski definition) is 2. The summed E-state index contributed by atoms with van der Waals surface area (Å²) in [6.45, 7) is 1.84. The molecule has 0 fully saturated rings. The molecule has 1 atom stereocenters. The van der Waals surface area contributed by atoms with E-state index in [4.69, 9.17) is 0 Å². The summed E-state index contributed by atoms with van der Waals surface area (Å²) < 4.78 is 31.8. The van der Waals surface area contributed by atoms with Crippen LogP contribution in [0, 0.1) is 6.92 Å². The van der Waals surface area contributed by atoms with E-state index in [0.29, 0.717) is 11.3 Å². The van der Waals surface area contributed by atoms with E-state index in [9.17, 15) is 13.2 Å². The van der Waals surface area contributed by atoms with Crippen LogP contribution < -0.4 is 4.72 Å². The topological polar surface area (TPSA) is 101 Å². The van der Waals surface area contributed by atoms with Gasteiger partial charge in [0.05, 0.1) is 19.2 Å². The SMILES string of the molecule is COC(=O)[C@@H](Cc1cnc[nH]1)NS(=O)(=O)Cc1ccccc1C. The average molecular weight is 337 g/mol. The predicted molar refractivity (Wildman–Crippen MR) is 85.0 cm³/mol. The summed E-state index contributed by atoms with van der Waals surface area (Å²) in [4.78, 5) is 18.5. The Hall–Kier alpha value is -2.19. The number of carbonyl (C=O) groups excluding carboxylic acids is 1. The molecule has 23 heavy (non-hydrogen) atoms. The zero-order valence-electron chi connectivity index (χ0n) is 12.9. The third-order valence-electron chi connectivity index (χ3n) is 3.39. The largest absolute Gasteiger partial charge is 0.468 e. The van der Waals surface area contributed by atoms with E-state index in [1.54, 1.807) is 12.1 Å². The Kier molecular flexibility index (Phi) is 5.51. The maximum absolute atomic E-state index is 12.4. The summed E-state index contributed by atoms with van der Waals surface area (Å²) in [5.41, 5.74) is 2.20. The highest BCUT2D eigenvalue weighted by Gasteiger charge is 2.26. The first-order valence-corrected chi connectivity index (χ1v) is 8.66. The van der Waals surface area contributed by atoms with E-state index in [0.717, 1.165) is 5.56 Å². The normalized spacial score (nSPS) is 12.8. The quantitative estimate of drug-likeness (QED) is 0.732. The number of methoxy groups -OCH3 is 1. The number of sulfonamides is 1. The number of aryl methyl sites for hydroxylation is 1. The molecule has 0 radical (unpaired) electrons. The van der Waals surface area contributed by atoms with Crippen molar-refractivity contribution in [2.24, 2.45) is 0 Å². The van der Waals surface area contributed by atoms with Crippen molar-refractivity contribution < 1.29 is 17.9 Å². The van der Waals surface area contributed by atoms with Gasteiger partial charge in [-0.3, -0.25) is 4.79 Å². The molecule has 0 saturated carbocycles. The molecule has 2 aromatic rings. The van der Waals surface area contributed by atoms with Crippen molar-refractivity contribution in [3.8, 4) is 0 Å². The number of benzene rings is 1.